The van der Waals surface area contributed by atoms with Crippen molar-refractivity contribution in [2.75, 3.05) is 6.61 Å². The van der Waals surface area contributed by atoms with Crippen LogP contribution in [0.1, 0.15) is 26.3 Å². The molecule has 9 nitrogen and oxygen atoms in total. The van der Waals surface area contributed by atoms with Crippen LogP contribution in [0.4, 0.5) is 0 Å². The monoisotopic (exact) mass is 395 g/mol. The van der Waals surface area contributed by atoms with Gasteiger partial charge in [-0.3, -0.25) is 14.4 Å². The van der Waals surface area contributed by atoms with Gasteiger partial charge in [-0.2, -0.15) is 0 Å². The Bertz CT molecular complexity index is 680. The molecule has 1 aliphatic rings. The van der Waals surface area contributed by atoms with E-state index in [1.54, 1.807) is 0 Å². The number of carbonyl (C=O) groups excluding carboxylic acids is 3. The van der Waals surface area contributed by atoms with E-state index in [1.165, 1.54) is 20.8 Å². The highest BCUT2D eigenvalue weighted by molar-refractivity contribution is 5.73. The van der Waals surface area contributed by atoms with E-state index in [0.717, 1.165) is 5.56 Å². The third-order valence-corrected chi connectivity index (χ3v) is 4.06. The summed E-state index contributed by atoms with van der Waals surface area (Å²) in [6.07, 6.45) is -4.26. The van der Waals surface area contributed by atoms with Crippen molar-refractivity contribution in [1.82, 2.24) is 5.32 Å². The maximum absolute atomic E-state index is 11.7. The van der Waals surface area contributed by atoms with Gasteiger partial charge in [0.25, 0.3) is 0 Å². The number of rotatable bonds is 7. The fourth-order valence-corrected chi connectivity index (χ4v) is 3.00. The molecule has 0 radical (unpaired) electrons. The van der Waals surface area contributed by atoms with Crippen LogP contribution in [-0.4, -0.2) is 60.2 Å². The summed E-state index contributed by atoms with van der Waals surface area (Å²) in [7, 11) is 0. The number of aliphatic hydroxyl groups is 1. The molecule has 28 heavy (non-hydrogen) atoms. The molecule has 2 rings (SSSR count). The summed E-state index contributed by atoms with van der Waals surface area (Å²) in [6, 6.07) is 8.32. The zero-order chi connectivity index (χ0) is 20.7. The molecule has 1 aliphatic heterocycles. The van der Waals surface area contributed by atoms with Crippen molar-refractivity contribution in [3.05, 3.63) is 35.9 Å². The number of aliphatic hydroxyl groups excluding tert-OH is 1. The lowest BCUT2D eigenvalue weighted by Crippen LogP contribution is -2.66. The number of amides is 1. The Morgan fingerprint density at radius 2 is 1.64 bits per heavy atom. The van der Waals surface area contributed by atoms with Crippen LogP contribution in [0.25, 0.3) is 0 Å². The van der Waals surface area contributed by atoms with Crippen molar-refractivity contribution in [2.24, 2.45) is 0 Å². The average molecular weight is 395 g/mol. The SMILES string of the molecule is CC(=O)N[C@H]1[C@@H](OCc2ccccc2)O[C@@H](CO)[C@@H](OC(C)=O)[C@H]1OC(C)=O. The van der Waals surface area contributed by atoms with Gasteiger partial charge in [0, 0.05) is 20.8 Å². The van der Waals surface area contributed by atoms with E-state index in [-0.39, 0.29) is 6.61 Å². The van der Waals surface area contributed by atoms with Crippen molar-refractivity contribution in [1.29, 1.82) is 0 Å². The number of ether oxygens (including phenoxy) is 4. The number of nitrogens with one attached hydrogen (secondary N) is 1. The Balaban J connectivity index is 2.29. The predicted octanol–water partition coefficient (Wildman–Crippen LogP) is 0.288. The van der Waals surface area contributed by atoms with Crippen molar-refractivity contribution < 1.29 is 38.4 Å². The molecule has 1 fully saturated rings. The lowest BCUT2D eigenvalue weighted by Gasteiger charge is -2.44. The van der Waals surface area contributed by atoms with Crippen molar-refractivity contribution in [3.63, 3.8) is 0 Å². The average Bonchev–Trinajstić information content (AvgIpc) is 2.63. The molecular weight excluding hydrogens is 370 g/mol. The van der Waals surface area contributed by atoms with Crippen molar-refractivity contribution >= 4 is 17.8 Å². The summed E-state index contributed by atoms with van der Waals surface area (Å²) in [4.78, 5) is 34.9. The molecular formula is C19H25NO8. The third-order valence-electron chi connectivity index (χ3n) is 4.06. The molecule has 0 aliphatic carbocycles. The molecule has 0 aromatic heterocycles. The van der Waals surface area contributed by atoms with Gasteiger partial charge >= 0.3 is 11.9 Å². The molecule has 0 bridgehead atoms. The summed E-state index contributed by atoms with van der Waals surface area (Å²) in [6.45, 7) is 3.32. The second-order valence-corrected chi connectivity index (χ2v) is 6.40. The van der Waals surface area contributed by atoms with E-state index in [9.17, 15) is 19.5 Å². The highest BCUT2D eigenvalue weighted by Gasteiger charge is 2.50. The van der Waals surface area contributed by atoms with Crippen LogP contribution < -0.4 is 5.32 Å². The van der Waals surface area contributed by atoms with Crippen LogP contribution in [0.15, 0.2) is 30.3 Å². The molecule has 0 saturated carbocycles. The number of hydrogen-bond donors (Lipinski definition) is 2. The fraction of sp³-hybridized carbons (Fsp3) is 0.526. The Morgan fingerprint density at radius 1 is 1.04 bits per heavy atom. The van der Waals surface area contributed by atoms with E-state index in [2.05, 4.69) is 5.32 Å². The van der Waals surface area contributed by atoms with Gasteiger partial charge in [-0.15, -0.1) is 0 Å². The zero-order valence-electron chi connectivity index (χ0n) is 16.0. The largest absolute Gasteiger partial charge is 0.456 e. The fourth-order valence-electron chi connectivity index (χ4n) is 3.00. The summed E-state index contributed by atoms with van der Waals surface area (Å²) in [5, 5.41) is 12.3. The van der Waals surface area contributed by atoms with Gasteiger partial charge in [0.15, 0.2) is 18.5 Å². The maximum atomic E-state index is 11.7. The van der Waals surface area contributed by atoms with Crippen molar-refractivity contribution in [2.45, 2.75) is 58.0 Å². The first-order chi connectivity index (χ1) is 13.3. The highest BCUT2D eigenvalue weighted by Crippen LogP contribution is 2.28. The van der Waals surface area contributed by atoms with E-state index in [1.807, 2.05) is 30.3 Å². The Morgan fingerprint density at radius 3 is 2.18 bits per heavy atom. The molecule has 0 unspecified atom stereocenters. The molecule has 5 atom stereocenters. The quantitative estimate of drug-likeness (QED) is 0.632. The van der Waals surface area contributed by atoms with Gasteiger partial charge in [-0.05, 0) is 5.56 Å². The van der Waals surface area contributed by atoms with E-state index >= 15 is 0 Å². The van der Waals surface area contributed by atoms with E-state index in [0.29, 0.717) is 0 Å². The van der Waals surface area contributed by atoms with E-state index < -0.39 is 55.1 Å². The minimum atomic E-state index is -1.11. The zero-order valence-corrected chi connectivity index (χ0v) is 16.0. The Hall–Kier alpha value is -2.49. The predicted molar refractivity (Wildman–Crippen MR) is 95.7 cm³/mol. The first-order valence-corrected chi connectivity index (χ1v) is 8.85. The first-order valence-electron chi connectivity index (χ1n) is 8.85. The number of benzene rings is 1. The lowest BCUT2D eigenvalue weighted by molar-refractivity contribution is -0.279. The van der Waals surface area contributed by atoms with Gasteiger partial charge in [0.05, 0.1) is 13.2 Å². The van der Waals surface area contributed by atoms with Crippen LogP contribution in [0, 0.1) is 0 Å². The smallest absolute Gasteiger partial charge is 0.303 e. The molecule has 1 amide bonds. The second-order valence-electron chi connectivity index (χ2n) is 6.40. The molecule has 1 saturated heterocycles. The van der Waals surface area contributed by atoms with Crippen LogP contribution in [-0.2, 0) is 39.9 Å². The van der Waals surface area contributed by atoms with Crippen LogP contribution in [0.2, 0.25) is 0 Å². The topological polar surface area (TPSA) is 120 Å². The first kappa shape index (κ1) is 21.8. The summed E-state index contributed by atoms with van der Waals surface area (Å²) >= 11 is 0. The van der Waals surface area contributed by atoms with Crippen LogP contribution >= 0.6 is 0 Å². The van der Waals surface area contributed by atoms with Gasteiger partial charge in [-0.25, -0.2) is 0 Å². The number of carbonyl (C=O) groups is 3. The minimum Gasteiger partial charge on any atom is -0.456 e. The van der Waals surface area contributed by atoms with Gasteiger partial charge in [0.1, 0.15) is 12.1 Å². The highest BCUT2D eigenvalue weighted by atomic mass is 16.7. The van der Waals surface area contributed by atoms with E-state index in [4.69, 9.17) is 18.9 Å². The number of hydrogen-bond acceptors (Lipinski definition) is 8. The molecule has 9 heteroatoms. The van der Waals surface area contributed by atoms with Gasteiger partial charge < -0.3 is 29.4 Å². The molecule has 1 heterocycles. The molecule has 154 valence electrons. The molecule has 0 spiro atoms. The summed E-state index contributed by atoms with van der Waals surface area (Å²) in [5.74, 6) is -1.70. The maximum Gasteiger partial charge on any atom is 0.303 e. The number of esters is 2. The van der Waals surface area contributed by atoms with Crippen molar-refractivity contribution in [3.8, 4) is 0 Å². The summed E-state index contributed by atoms with van der Waals surface area (Å²) in [5.41, 5.74) is 0.861. The second kappa shape index (κ2) is 10.2. The molecule has 1 aromatic carbocycles. The summed E-state index contributed by atoms with van der Waals surface area (Å²) < 4.78 is 22.1. The Kier molecular flexibility index (Phi) is 7.91. The van der Waals surface area contributed by atoms with Crippen LogP contribution in [0.5, 0.6) is 0 Å². The standard InChI is InChI=1S/C19H25NO8/c1-11(22)20-16-18(27-13(3)24)17(26-12(2)23)15(9-21)28-19(16)25-10-14-7-5-4-6-8-14/h4-8,15-19,21H,9-10H2,1-3H3,(H,20,22)/t15-,16+,17+,18-,19-/m0/s1. The molecule has 2 N–H and O–H groups in total. The third kappa shape index (κ3) is 6.01. The van der Waals surface area contributed by atoms with Crippen LogP contribution in [0.3, 0.4) is 0 Å². The normalized spacial score (nSPS) is 26.9. The molecule has 1 aromatic rings. The minimum absolute atomic E-state index is 0.158. The van der Waals surface area contributed by atoms with Gasteiger partial charge in [0.2, 0.25) is 5.91 Å². The lowest BCUT2D eigenvalue weighted by atomic mass is 9.96. The van der Waals surface area contributed by atoms with Gasteiger partial charge in [-0.1, -0.05) is 30.3 Å². The Labute approximate surface area is 162 Å².